The summed E-state index contributed by atoms with van der Waals surface area (Å²) in [6.07, 6.45) is 1.79. The molecule has 4 heteroatoms. The summed E-state index contributed by atoms with van der Waals surface area (Å²) < 4.78 is 0. The van der Waals surface area contributed by atoms with Gasteiger partial charge in [-0.25, -0.2) is 0 Å². The van der Waals surface area contributed by atoms with Gasteiger partial charge >= 0.3 is 0 Å². The zero-order valence-electron chi connectivity index (χ0n) is 13.4. The molecule has 0 atom stereocenters. The summed E-state index contributed by atoms with van der Waals surface area (Å²) in [5, 5.41) is 0. The van der Waals surface area contributed by atoms with Crippen molar-refractivity contribution in [3.8, 4) is 0 Å². The molecule has 0 radical (unpaired) electrons. The Labute approximate surface area is 122 Å². The fourth-order valence-corrected chi connectivity index (χ4v) is 1.86. The van der Waals surface area contributed by atoms with E-state index in [2.05, 4.69) is 11.9 Å². The third kappa shape index (κ3) is 9.54. The van der Waals surface area contributed by atoms with E-state index in [1.807, 2.05) is 39.8 Å². The van der Waals surface area contributed by atoms with Crippen molar-refractivity contribution in [1.29, 1.82) is 0 Å². The Morgan fingerprint density at radius 2 is 1.89 bits per heavy atom. The number of nitrogens with zero attached hydrogens (tertiary/aromatic N) is 2. The molecule has 1 heterocycles. The SMILES string of the molecule is CC.CC.CCSc1ccnc(CN(C)C(C)=O)c1. The zero-order valence-corrected chi connectivity index (χ0v) is 14.2. The Morgan fingerprint density at radius 3 is 2.37 bits per heavy atom. The summed E-state index contributed by atoms with van der Waals surface area (Å²) in [5.74, 6) is 1.11. The zero-order chi connectivity index (χ0) is 15.3. The molecule has 0 aliphatic heterocycles. The van der Waals surface area contributed by atoms with Crippen molar-refractivity contribution in [2.24, 2.45) is 0 Å². The number of carbonyl (C=O) groups is 1. The fourth-order valence-electron chi connectivity index (χ4n) is 1.15. The first-order valence-corrected chi connectivity index (χ1v) is 7.91. The Bertz CT molecular complexity index is 343. The number of carbonyl (C=O) groups excluding carboxylic acids is 1. The Kier molecular flexibility index (Phi) is 14.3. The first-order valence-electron chi connectivity index (χ1n) is 6.93. The van der Waals surface area contributed by atoms with E-state index in [0.717, 1.165) is 11.4 Å². The maximum Gasteiger partial charge on any atom is 0.219 e. The second-order valence-electron chi connectivity index (χ2n) is 3.29. The number of hydrogen-bond donors (Lipinski definition) is 0. The molecule has 1 aromatic rings. The smallest absolute Gasteiger partial charge is 0.219 e. The predicted molar refractivity (Wildman–Crippen MR) is 85.5 cm³/mol. The summed E-state index contributed by atoms with van der Waals surface area (Å²) in [4.78, 5) is 18.2. The Hall–Kier alpha value is -1.03. The number of amides is 1. The molecule has 0 aliphatic carbocycles. The maximum absolute atomic E-state index is 11.1. The van der Waals surface area contributed by atoms with Gasteiger partial charge in [-0.1, -0.05) is 34.6 Å². The van der Waals surface area contributed by atoms with Crippen molar-refractivity contribution in [1.82, 2.24) is 9.88 Å². The standard InChI is InChI=1S/C11H16N2OS.2C2H6/c1-4-15-11-5-6-12-10(7-11)8-13(3)9(2)14;2*1-2/h5-7H,4,8H2,1-3H3;2*1-2H3. The lowest BCUT2D eigenvalue weighted by molar-refractivity contribution is -0.128. The molecule has 0 bridgehead atoms. The topological polar surface area (TPSA) is 33.2 Å². The van der Waals surface area contributed by atoms with Gasteiger partial charge in [0, 0.05) is 25.1 Å². The van der Waals surface area contributed by atoms with Gasteiger partial charge in [-0.15, -0.1) is 11.8 Å². The Morgan fingerprint density at radius 1 is 1.32 bits per heavy atom. The van der Waals surface area contributed by atoms with Crippen LogP contribution in [0.3, 0.4) is 0 Å². The van der Waals surface area contributed by atoms with Crippen molar-refractivity contribution in [2.45, 2.75) is 53.0 Å². The summed E-state index contributed by atoms with van der Waals surface area (Å²) in [7, 11) is 1.78. The van der Waals surface area contributed by atoms with Gasteiger partial charge < -0.3 is 4.90 Å². The molecule has 0 aromatic carbocycles. The first-order chi connectivity index (χ1) is 9.13. The monoisotopic (exact) mass is 284 g/mol. The summed E-state index contributed by atoms with van der Waals surface area (Å²) >= 11 is 1.78. The van der Waals surface area contributed by atoms with E-state index in [9.17, 15) is 4.79 Å². The molecule has 0 fully saturated rings. The predicted octanol–water partition coefficient (Wildman–Crippen LogP) is 4.22. The molecule has 3 nitrogen and oxygen atoms in total. The van der Waals surface area contributed by atoms with Crippen LogP contribution < -0.4 is 0 Å². The van der Waals surface area contributed by atoms with Gasteiger partial charge in [0.2, 0.25) is 5.91 Å². The second kappa shape index (κ2) is 13.4. The van der Waals surface area contributed by atoms with Crippen molar-refractivity contribution < 1.29 is 4.79 Å². The highest BCUT2D eigenvalue weighted by Crippen LogP contribution is 2.17. The van der Waals surface area contributed by atoms with E-state index in [0.29, 0.717) is 6.54 Å². The van der Waals surface area contributed by atoms with E-state index in [1.165, 1.54) is 4.90 Å². The summed E-state index contributed by atoms with van der Waals surface area (Å²) in [6.45, 7) is 12.3. The summed E-state index contributed by atoms with van der Waals surface area (Å²) in [5.41, 5.74) is 0.936. The fraction of sp³-hybridized carbons (Fsp3) is 0.600. The van der Waals surface area contributed by atoms with Crippen LogP contribution in [0.15, 0.2) is 23.2 Å². The van der Waals surface area contributed by atoms with Crippen LogP contribution in [-0.4, -0.2) is 28.6 Å². The molecule has 0 aliphatic rings. The van der Waals surface area contributed by atoms with Gasteiger partial charge in [0.15, 0.2) is 0 Å². The molecule has 19 heavy (non-hydrogen) atoms. The van der Waals surface area contributed by atoms with Crippen molar-refractivity contribution in [3.63, 3.8) is 0 Å². The van der Waals surface area contributed by atoms with Crippen molar-refractivity contribution in [3.05, 3.63) is 24.0 Å². The lowest BCUT2D eigenvalue weighted by atomic mass is 10.3. The van der Waals surface area contributed by atoms with Gasteiger partial charge in [0.05, 0.1) is 12.2 Å². The number of rotatable bonds is 4. The molecule has 1 rings (SSSR count). The molecule has 0 N–H and O–H groups in total. The number of hydrogen-bond acceptors (Lipinski definition) is 3. The molecule has 0 saturated carbocycles. The van der Waals surface area contributed by atoms with E-state index < -0.39 is 0 Å². The highest BCUT2D eigenvalue weighted by molar-refractivity contribution is 7.99. The maximum atomic E-state index is 11.1. The van der Waals surface area contributed by atoms with Crippen LogP contribution in [0.4, 0.5) is 0 Å². The number of pyridine rings is 1. The minimum Gasteiger partial charge on any atom is -0.340 e. The molecule has 0 unspecified atom stereocenters. The van der Waals surface area contributed by atoms with Gasteiger partial charge in [-0.05, 0) is 17.9 Å². The van der Waals surface area contributed by atoms with Gasteiger partial charge in [-0.3, -0.25) is 9.78 Å². The highest BCUT2D eigenvalue weighted by atomic mass is 32.2. The van der Waals surface area contributed by atoms with Gasteiger partial charge in [0.1, 0.15) is 0 Å². The number of thioether (sulfide) groups is 1. The van der Waals surface area contributed by atoms with Crippen LogP contribution >= 0.6 is 11.8 Å². The summed E-state index contributed by atoms with van der Waals surface area (Å²) in [6, 6.07) is 4.03. The van der Waals surface area contributed by atoms with Crippen LogP contribution in [0.25, 0.3) is 0 Å². The molecule has 1 amide bonds. The average molecular weight is 284 g/mol. The van der Waals surface area contributed by atoms with E-state index in [1.54, 1.807) is 36.8 Å². The van der Waals surface area contributed by atoms with Crippen LogP contribution in [0, 0.1) is 0 Å². The number of aromatic nitrogens is 1. The van der Waals surface area contributed by atoms with Crippen LogP contribution in [0.5, 0.6) is 0 Å². The largest absolute Gasteiger partial charge is 0.340 e. The van der Waals surface area contributed by atoms with Gasteiger partial charge in [0.25, 0.3) is 0 Å². The molecular formula is C15H28N2OS. The average Bonchev–Trinajstić information content (AvgIpc) is 2.44. The van der Waals surface area contributed by atoms with E-state index >= 15 is 0 Å². The molecule has 110 valence electrons. The van der Waals surface area contributed by atoms with Crippen molar-refractivity contribution in [2.75, 3.05) is 12.8 Å². The molecular weight excluding hydrogens is 256 g/mol. The van der Waals surface area contributed by atoms with Crippen LogP contribution in [0.2, 0.25) is 0 Å². The quantitative estimate of drug-likeness (QED) is 0.776. The normalized spacial score (nSPS) is 8.58. The van der Waals surface area contributed by atoms with E-state index in [4.69, 9.17) is 0 Å². The van der Waals surface area contributed by atoms with Crippen LogP contribution in [0.1, 0.15) is 47.2 Å². The molecule has 1 aromatic heterocycles. The third-order valence-corrected chi connectivity index (χ3v) is 2.91. The third-order valence-electron chi connectivity index (χ3n) is 2.04. The minimum absolute atomic E-state index is 0.0605. The molecule has 0 spiro atoms. The minimum atomic E-state index is 0.0605. The second-order valence-corrected chi connectivity index (χ2v) is 4.63. The highest BCUT2D eigenvalue weighted by Gasteiger charge is 2.04. The van der Waals surface area contributed by atoms with Gasteiger partial charge in [-0.2, -0.15) is 0 Å². The van der Waals surface area contributed by atoms with Crippen molar-refractivity contribution >= 4 is 17.7 Å². The first kappa shape index (κ1) is 20.3. The van der Waals surface area contributed by atoms with E-state index in [-0.39, 0.29) is 5.91 Å². The lowest BCUT2D eigenvalue weighted by Crippen LogP contribution is -2.23. The molecule has 0 saturated heterocycles. The Balaban J connectivity index is 0. The van der Waals surface area contributed by atoms with Crippen LogP contribution in [-0.2, 0) is 11.3 Å². The lowest BCUT2D eigenvalue weighted by Gasteiger charge is -2.14.